The minimum Gasteiger partial charge on any atom is -0.379 e. The lowest BCUT2D eigenvalue weighted by molar-refractivity contribution is 0.109. The van der Waals surface area contributed by atoms with E-state index in [9.17, 15) is 0 Å². The van der Waals surface area contributed by atoms with Crippen molar-refractivity contribution in [2.45, 2.75) is 50.6 Å². The number of hydrogen-bond acceptors (Lipinski definition) is 10. The number of piperidine rings is 2. The molecule has 45 heavy (non-hydrogen) atoms. The van der Waals surface area contributed by atoms with Crippen molar-refractivity contribution in [2.75, 3.05) is 70.6 Å². The number of anilines is 1. The molecule has 0 aliphatic carbocycles. The van der Waals surface area contributed by atoms with E-state index >= 15 is 0 Å². The average Bonchev–Trinajstić information content (AvgIpc) is 3.72. The number of nitrogens with zero attached hydrogens (tertiary/aromatic N) is 7. The molecule has 4 aromatic heterocycles. The lowest BCUT2D eigenvalue weighted by atomic mass is 10.0. The normalized spacial score (nSPS) is 22.4. The van der Waals surface area contributed by atoms with Crippen molar-refractivity contribution in [3.63, 3.8) is 0 Å². The maximum absolute atomic E-state index is 6.21. The molecule has 8 heterocycles. The zero-order chi connectivity index (χ0) is 31.0. The molecule has 12 nitrogen and oxygen atoms in total. The molecule has 3 N–H and O–H groups in total. The summed E-state index contributed by atoms with van der Waals surface area (Å²) in [5.74, 6) is 1.00. The Morgan fingerprint density at radius 2 is 1.20 bits per heavy atom. The minimum atomic E-state index is 0.306. The fraction of sp³-hybridized carbons (Fsp3) is 0.600. The average molecular weight is 680 g/mol. The molecule has 4 saturated heterocycles. The van der Waals surface area contributed by atoms with Crippen LogP contribution in [0.2, 0.25) is 15.5 Å². The van der Waals surface area contributed by atoms with Gasteiger partial charge in [0.25, 0.3) is 0 Å². The molecule has 0 aromatic carbocycles. The van der Waals surface area contributed by atoms with Gasteiger partial charge in [-0.25, -0.2) is 14.5 Å². The lowest BCUT2D eigenvalue weighted by Gasteiger charge is -2.28. The standard InChI is InChI=1S/C15H20ClN5O.C11H12Cl2N4.C4H9NO/c16-13-10-15(20-5-7-22-8-6-20)21-14(18-13)9-12(19-21)11-3-1-2-4-17-11;12-9-6-10(13)17-11(15-9)5-8(16-17)7-3-1-2-4-14-7;1-3-6-4-2-5-1/h9-11,17H,1-8H2;5-7,14H,1-4H2;5H,1-4H2/t11-;7-;/m00./s1. The Bertz CT molecular complexity index is 1520. The predicted octanol–water partition coefficient (Wildman–Crippen LogP) is 4.49. The number of nitrogens with one attached hydrogen (secondary N) is 3. The fourth-order valence-corrected chi connectivity index (χ4v) is 6.61. The van der Waals surface area contributed by atoms with Crippen LogP contribution in [-0.4, -0.2) is 94.9 Å². The zero-order valence-electron chi connectivity index (χ0n) is 25.4. The van der Waals surface area contributed by atoms with Crippen molar-refractivity contribution >= 4 is 51.9 Å². The van der Waals surface area contributed by atoms with Gasteiger partial charge in [-0.2, -0.15) is 14.7 Å². The number of ether oxygens (including phenoxy) is 2. The molecule has 4 aromatic rings. The Labute approximate surface area is 278 Å². The van der Waals surface area contributed by atoms with E-state index in [1.165, 1.54) is 25.7 Å². The van der Waals surface area contributed by atoms with Gasteiger partial charge in [0.15, 0.2) is 11.3 Å². The topological polar surface area (TPSA) is 118 Å². The van der Waals surface area contributed by atoms with Crippen LogP contribution in [-0.2, 0) is 9.47 Å². The third-order valence-electron chi connectivity index (χ3n) is 8.28. The quantitative estimate of drug-likeness (QED) is 0.268. The van der Waals surface area contributed by atoms with Gasteiger partial charge in [0, 0.05) is 50.4 Å². The van der Waals surface area contributed by atoms with Crippen LogP contribution in [0, 0.1) is 0 Å². The monoisotopic (exact) mass is 678 g/mol. The van der Waals surface area contributed by atoms with Crippen LogP contribution >= 0.6 is 34.8 Å². The molecule has 0 unspecified atom stereocenters. The number of rotatable bonds is 3. The van der Waals surface area contributed by atoms with Gasteiger partial charge in [-0.15, -0.1) is 0 Å². The highest BCUT2D eigenvalue weighted by molar-refractivity contribution is 6.33. The molecule has 4 aliphatic heterocycles. The van der Waals surface area contributed by atoms with Crippen molar-refractivity contribution < 1.29 is 9.47 Å². The van der Waals surface area contributed by atoms with Crippen LogP contribution in [0.5, 0.6) is 0 Å². The Balaban J connectivity index is 0.000000137. The molecule has 4 fully saturated rings. The van der Waals surface area contributed by atoms with Gasteiger partial charge < -0.3 is 30.3 Å². The zero-order valence-corrected chi connectivity index (χ0v) is 27.6. The van der Waals surface area contributed by atoms with Crippen molar-refractivity contribution in [3.8, 4) is 0 Å². The van der Waals surface area contributed by atoms with E-state index in [4.69, 9.17) is 49.4 Å². The van der Waals surface area contributed by atoms with Crippen LogP contribution in [0.1, 0.15) is 62.0 Å². The van der Waals surface area contributed by atoms with Crippen molar-refractivity contribution in [1.82, 2.24) is 45.1 Å². The van der Waals surface area contributed by atoms with E-state index in [0.29, 0.717) is 33.2 Å². The first-order valence-corrected chi connectivity index (χ1v) is 17.0. The molecule has 0 spiro atoms. The fourth-order valence-electron chi connectivity index (χ4n) is 5.96. The van der Waals surface area contributed by atoms with Crippen LogP contribution in [0.15, 0.2) is 24.3 Å². The molecule has 8 rings (SSSR count). The van der Waals surface area contributed by atoms with Gasteiger partial charge in [0.2, 0.25) is 0 Å². The molecule has 2 atom stereocenters. The van der Waals surface area contributed by atoms with E-state index < -0.39 is 0 Å². The molecule has 0 amide bonds. The highest BCUT2D eigenvalue weighted by Crippen LogP contribution is 2.27. The highest BCUT2D eigenvalue weighted by atomic mass is 35.5. The number of halogens is 3. The summed E-state index contributed by atoms with van der Waals surface area (Å²) in [7, 11) is 0. The molecule has 0 bridgehead atoms. The van der Waals surface area contributed by atoms with E-state index in [1.54, 1.807) is 10.6 Å². The smallest absolute Gasteiger partial charge is 0.159 e. The van der Waals surface area contributed by atoms with Crippen LogP contribution in [0.25, 0.3) is 11.3 Å². The SMILES string of the molecule is C1COCCN1.Clc1cc(Cl)n2nc([C@@H]3CCCCN3)cc2n1.Clc1cc(N2CCOCC2)n2nc([C@@H]3CCCCN3)cc2n1. The number of morpholine rings is 2. The van der Waals surface area contributed by atoms with Crippen molar-refractivity contribution in [3.05, 3.63) is 51.1 Å². The van der Waals surface area contributed by atoms with Crippen molar-refractivity contribution in [2.24, 2.45) is 0 Å². The summed E-state index contributed by atoms with van der Waals surface area (Å²) < 4.78 is 14.0. The molecule has 244 valence electrons. The van der Waals surface area contributed by atoms with Gasteiger partial charge >= 0.3 is 0 Å². The van der Waals surface area contributed by atoms with Gasteiger partial charge in [0.05, 0.1) is 49.9 Å². The van der Waals surface area contributed by atoms with Crippen LogP contribution in [0.3, 0.4) is 0 Å². The van der Waals surface area contributed by atoms with Gasteiger partial charge in [0.1, 0.15) is 21.3 Å². The Hall–Kier alpha value is -2.29. The number of aromatic nitrogens is 6. The van der Waals surface area contributed by atoms with Crippen LogP contribution in [0.4, 0.5) is 5.82 Å². The largest absolute Gasteiger partial charge is 0.379 e. The predicted molar refractivity (Wildman–Crippen MR) is 177 cm³/mol. The van der Waals surface area contributed by atoms with Gasteiger partial charge in [-0.3, -0.25) is 0 Å². The first-order chi connectivity index (χ1) is 22.0. The van der Waals surface area contributed by atoms with E-state index in [0.717, 1.165) is 101 Å². The summed E-state index contributed by atoms with van der Waals surface area (Å²) in [6.45, 7) is 9.11. The van der Waals surface area contributed by atoms with Gasteiger partial charge in [-0.1, -0.05) is 47.6 Å². The maximum atomic E-state index is 6.21. The second-order valence-corrected chi connectivity index (χ2v) is 12.6. The molecule has 0 saturated carbocycles. The molecular formula is C30H41Cl3N10O2. The van der Waals surface area contributed by atoms with Gasteiger partial charge in [-0.05, 0) is 38.8 Å². The second-order valence-electron chi connectivity index (χ2n) is 11.5. The molecule has 15 heteroatoms. The second kappa shape index (κ2) is 16.0. The molecule has 0 radical (unpaired) electrons. The lowest BCUT2D eigenvalue weighted by Crippen LogP contribution is -2.37. The summed E-state index contributed by atoms with van der Waals surface area (Å²) in [6.07, 6.45) is 7.19. The maximum Gasteiger partial charge on any atom is 0.159 e. The van der Waals surface area contributed by atoms with E-state index in [2.05, 4.69) is 42.0 Å². The summed E-state index contributed by atoms with van der Waals surface area (Å²) in [5, 5.41) is 20.8. The Morgan fingerprint density at radius 3 is 1.73 bits per heavy atom. The summed E-state index contributed by atoms with van der Waals surface area (Å²) in [4.78, 5) is 10.9. The third-order valence-corrected chi connectivity index (χ3v) is 8.94. The summed E-state index contributed by atoms with van der Waals surface area (Å²) >= 11 is 18.1. The van der Waals surface area contributed by atoms with Crippen molar-refractivity contribution in [1.29, 1.82) is 0 Å². The highest BCUT2D eigenvalue weighted by Gasteiger charge is 2.22. The number of fused-ring (bicyclic) bond motifs is 2. The Kier molecular flexibility index (Phi) is 11.6. The Morgan fingerprint density at radius 1 is 0.644 bits per heavy atom. The summed E-state index contributed by atoms with van der Waals surface area (Å²) in [5.41, 5.74) is 3.56. The molecular weight excluding hydrogens is 639 g/mol. The number of hydrogen-bond donors (Lipinski definition) is 3. The van der Waals surface area contributed by atoms with Crippen LogP contribution < -0.4 is 20.9 Å². The van der Waals surface area contributed by atoms with E-state index in [1.807, 2.05) is 16.6 Å². The minimum absolute atomic E-state index is 0.306. The molecule has 4 aliphatic rings. The van der Waals surface area contributed by atoms with E-state index in [-0.39, 0.29) is 0 Å². The first-order valence-electron chi connectivity index (χ1n) is 15.9. The third kappa shape index (κ3) is 8.55. The summed E-state index contributed by atoms with van der Waals surface area (Å²) in [6, 6.07) is 8.12. The first kappa shape index (κ1) is 32.6.